The van der Waals surface area contributed by atoms with Gasteiger partial charge in [0.25, 0.3) is 0 Å². The van der Waals surface area contributed by atoms with Gasteiger partial charge in [-0.3, -0.25) is 0 Å². The Labute approximate surface area is 81.6 Å². The first-order valence-corrected chi connectivity index (χ1v) is 4.43. The van der Waals surface area contributed by atoms with E-state index < -0.39 is 0 Å². The van der Waals surface area contributed by atoms with Gasteiger partial charge in [0.05, 0.1) is 0 Å². The van der Waals surface area contributed by atoms with Crippen molar-refractivity contribution in [2.45, 2.75) is 6.54 Å². The quantitative estimate of drug-likeness (QED) is 0.749. The monoisotopic (exact) mass is 190 g/mol. The number of hydrogen-bond donors (Lipinski definition) is 2. The van der Waals surface area contributed by atoms with Gasteiger partial charge in [-0.15, -0.1) is 0 Å². The minimum atomic E-state index is -0.221. The summed E-state index contributed by atoms with van der Waals surface area (Å²) in [4.78, 5) is 2.93. The Morgan fingerprint density at radius 1 is 1.14 bits per heavy atom. The third kappa shape index (κ3) is 1.42. The average Bonchev–Trinajstić information content (AvgIpc) is 2.66. The zero-order valence-corrected chi connectivity index (χ0v) is 7.63. The Morgan fingerprint density at radius 2 is 1.93 bits per heavy atom. The fourth-order valence-corrected chi connectivity index (χ4v) is 1.50. The number of halogens is 1. The predicted molar refractivity (Wildman–Crippen MR) is 54.1 cm³/mol. The van der Waals surface area contributed by atoms with Gasteiger partial charge >= 0.3 is 0 Å². The normalized spacial score (nSPS) is 10.4. The zero-order valence-electron chi connectivity index (χ0n) is 7.63. The fourth-order valence-electron chi connectivity index (χ4n) is 1.50. The van der Waals surface area contributed by atoms with Crippen molar-refractivity contribution in [3.8, 4) is 11.1 Å². The van der Waals surface area contributed by atoms with Crippen LogP contribution in [-0.4, -0.2) is 4.98 Å². The van der Waals surface area contributed by atoms with Crippen molar-refractivity contribution >= 4 is 0 Å². The number of nitrogens with two attached hydrogens (primary N) is 1. The van der Waals surface area contributed by atoms with Gasteiger partial charge in [0.1, 0.15) is 5.82 Å². The summed E-state index contributed by atoms with van der Waals surface area (Å²) in [6.07, 6.45) is 3.56. The summed E-state index contributed by atoms with van der Waals surface area (Å²) in [6, 6.07) is 6.68. The van der Waals surface area contributed by atoms with E-state index in [2.05, 4.69) is 4.98 Å². The van der Waals surface area contributed by atoms with E-state index in [1.165, 1.54) is 6.07 Å². The van der Waals surface area contributed by atoms with Crippen LogP contribution in [0, 0.1) is 5.82 Å². The van der Waals surface area contributed by atoms with E-state index >= 15 is 0 Å². The molecule has 2 aromatic rings. The highest BCUT2D eigenvalue weighted by atomic mass is 19.1. The van der Waals surface area contributed by atoms with E-state index in [1.807, 2.05) is 6.07 Å². The summed E-state index contributed by atoms with van der Waals surface area (Å²) in [5.41, 5.74) is 7.90. The summed E-state index contributed by atoms with van der Waals surface area (Å²) in [5, 5.41) is 0. The number of benzene rings is 1. The summed E-state index contributed by atoms with van der Waals surface area (Å²) in [7, 11) is 0. The molecule has 0 atom stereocenters. The lowest BCUT2D eigenvalue weighted by atomic mass is 10.0. The molecule has 0 spiro atoms. The van der Waals surface area contributed by atoms with Crippen LogP contribution in [0.5, 0.6) is 0 Å². The molecule has 72 valence electrons. The van der Waals surface area contributed by atoms with Gasteiger partial charge in [0.15, 0.2) is 0 Å². The smallest absolute Gasteiger partial charge is 0.131 e. The molecule has 1 aromatic heterocycles. The molecule has 0 fully saturated rings. The molecule has 0 aliphatic rings. The Morgan fingerprint density at radius 3 is 2.64 bits per heavy atom. The van der Waals surface area contributed by atoms with Gasteiger partial charge in [-0.1, -0.05) is 18.2 Å². The van der Waals surface area contributed by atoms with Gasteiger partial charge in [-0.05, 0) is 11.6 Å². The molecule has 0 unspecified atom stereocenters. The number of hydrogen-bond acceptors (Lipinski definition) is 1. The second-order valence-electron chi connectivity index (χ2n) is 3.08. The van der Waals surface area contributed by atoms with Crippen LogP contribution in [0.2, 0.25) is 0 Å². The first-order chi connectivity index (χ1) is 6.83. The second-order valence-corrected chi connectivity index (χ2v) is 3.08. The number of aromatic amines is 1. The topological polar surface area (TPSA) is 41.8 Å². The lowest BCUT2D eigenvalue weighted by Crippen LogP contribution is -1.96. The highest BCUT2D eigenvalue weighted by molar-refractivity contribution is 5.67. The molecule has 0 aliphatic carbocycles. The minimum Gasteiger partial charge on any atom is -0.367 e. The van der Waals surface area contributed by atoms with Crippen molar-refractivity contribution in [1.82, 2.24) is 4.98 Å². The molecule has 14 heavy (non-hydrogen) atoms. The Kier molecular flexibility index (Phi) is 2.33. The molecule has 2 nitrogen and oxygen atoms in total. The van der Waals surface area contributed by atoms with E-state index in [-0.39, 0.29) is 5.82 Å². The van der Waals surface area contributed by atoms with Gasteiger partial charge < -0.3 is 10.7 Å². The first-order valence-electron chi connectivity index (χ1n) is 4.43. The van der Waals surface area contributed by atoms with Crippen LogP contribution in [0.15, 0.2) is 36.7 Å². The van der Waals surface area contributed by atoms with Gasteiger partial charge in [0.2, 0.25) is 0 Å². The van der Waals surface area contributed by atoms with Crippen molar-refractivity contribution in [3.63, 3.8) is 0 Å². The minimum absolute atomic E-state index is 0.221. The lowest BCUT2D eigenvalue weighted by molar-refractivity contribution is 0.631. The largest absolute Gasteiger partial charge is 0.367 e. The average molecular weight is 190 g/mol. The number of rotatable bonds is 2. The van der Waals surface area contributed by atoms with Crippen LogP contribution in [0.25, 0.3) is 11.1 Å². The van der Waals surface area contributed by atoms with Crippen molar-refractivity contribution < 1.29 is 4.39 Å². The fraction of sp³-hybridized carbons (Fsp3) is 0.0909. The molecule has 0 saturated heterocycles. The number of H-pyrrole nitrogens is 1. The SMILES string of the molecule is NCc1c[nH]cc1-c1ccccc1F. The van der Waals surface area contributed by atoms with Crippen molar-refractivity contribution in [1.29, 1.82) is 0 Å². The van der Waals surface area contributed by atoms with Gasteiger partial charge in [-0.25, -0.2) is 4.39 Å². The summed E-state index contributed by atoms with van der Waals surface area (Å²) < 4.78 is 13.4. The standard InChI is InChI=1S/C11H11FN2/c12-11-4-2-1-3-9(11)10-7-14-6-8(10)5-13/h1-4,6-7,14H,5,13H2. The zero-order chi connectivity index (χ0) is 9.97. The van der Waals surface area contributed by atoms with Crippen LogP contribution in [0.4, 0.5) is 4.39 Å². The van der Waals surface area contributed by atoms with E-state index in [0.29, 0.717) is 12.1 Å². The molecule has 0 aliphatic heterocycles. The van der Waals surface area contributed by atoms with Crippen LogP contribution in [0.3, 0.4) is 0 Å². The molecule has 1 heterocycles. The summed E-state index contributed by atoms with van der Waals surface area (Å²) in [6.45, 7) is 0.410. The van der Waals surface area contributed by atoms with Crippen LogP contribution in [0.1, 0.15) is 5.56 Å². The molecule has 1 aromatic carbocycles. The van der Waals surface area contributed by atoms with Crippen LogP contribution >= 0.6 is 0 Å². The van der Waals surface area contributed by atoms with Crippen molar-refractivity contribution in [2.75, 3.05) is 0 Å². The highest BCUT2D eigenvalue weighted by Crippen LogP contribution is 2.25. The maximum Gasteiger partial charge on any atom is 0.131 e. The van der Waals surface area contributed by atoms with Crippen LogP contribution < -0.4 is 5.73 Å². The predicted octanol–water partition coefficient (Wildman–Crippen LogP) is 2.28. The number of nitrogens with one attached hydrogen (secondary N) is 1. The second kappa shape index (κ2) is 3.64. The third-order valence-electron chi connectivity index (χ3n) is 2.22. The molecule has 0 radical (unpaired) electrons. The first kappa shape index (κ1) is 8.97. The molecular formula is C11H11FN2. The molecule has 2 rings (SSSR count). The number of aromatic nitrogens is 1. The van der Waals surface area contributed by atoms with E-state index in [9.17, 15) is 4.39 Å². The van der Waals surface area contributed by atoms with E-state index in [1.54, 1.807) is 24.5 Å². The Hall–Kier alpha value is -1.61. The third-order valence-corrected chi connectivity index (χ3v) is 2.22. The molecule has 3 N–H and O–H groups in total. The van der Waals surface area contributed by atoms with Crippen molar-refractivity contribution in [3.05, 3.63) is 48.0 Å². The summed E-state index contributed by atoms with van der Waals surface area (Å²) in [5.74, 6) is -0.221. The summed E-state index contributed by atoms with van der Waals surface area (Å²) >= 11 is 0. The Balaban J connectivity index is 2.54. The lowest BCUT2D eigenvalue weighted by Gasteiger charge is -2.02. The van der Waals surface area contributed by atoms with Gasteiger partial charge in [-0.2, -0.15) is 0 Å². The Bertz CT molecular complexity index is 434. The molecule has 3 heteroatoms. The maximum atomic E-state index is 13.4. The van der Waals surface area contributed by atoms with E-state index in [0.717, 1.165) is 11.1 Å². The molecule has 0 amide bonds. The van der Waals surface area contributed by atoms with Crippen molar-refractivity contribution in [2.24, 2.45) is 5.73 Å². The van der Waals surface area contributed by atoms with Crippen LogP contribution in [-0.2, 0) is 6.54 Å². The van der Waals surface area contributed by atoms with Gasteiger partial charge in [0, 0.05) is 30.1 Å². The highest BCUT2D eigenvalue weighted by Gasteiger charge is 2.08. The molecular weight excluding hydrogens is 179 g/mol. The molecule has 0 saturated carbocycles. The maximum absolute atomic E-state index is 13.4. The van der Waals surface area contributed by atoms with E-state index in [4.69, 9.17) is 5.73 Å². The molecule has 0 bridgehead atoms.